The lowest BCUT2D eigenvalue weighted by molar-refractivity contribution is 0.525. The van der Waals surface area contributed by atoms with E-state index in [9.17, 15) is 0 Å². The number of furan rings is 2. The van der Waals surface area contributed by atoms with E-state index in [-0.39, 0.29) is 10.8 Å². The van der Waals surface area contributed by atoms with Crippen LogP contribution in [0.4, 0.5) is 0 Å². The maximum Gasteiger partial charge on any atom is 0.143 e. The summed E-state index contributed by atoms with van der Waals surface area (Å²) in [7, 11) is 0. The van der Waals surface area contributed by atoms with Crippen molar-refractivity contribution >= 4 is 44.3 Å². The summed E-state index contributed by atoms with van der Waals surface area (Å²) in [5.74, 6) is 0. The second-order valence-electron chi connectivity index (χ2n) is 9.16. The van der Waals surface area contributed by atoms with E-state index < -0.39 is 0 Å². The van der Waals surface area contributed by atoms with Crippen LogP contribution in [0.25, 0.3) is 32.7 Å². The van der Waals surface area contributed by atoms with Crippen molar-refractivity contribution in [3.8, 4) is 0 Å². The molecule has 0 aliphatic heterocycles. The topological polar surface area (TPSA) is 13.1 Å². The van der Waals surface area contributed by atoms with Crippen LogP contribution in [0.1, 0.15) is 49.9 Å². The molecule has 5 aromatic rings. The summed E-state index contributed by atoms with van der Waals surface area (Å²) < 4.78 is 6.36. The third kappa shape index (κ3) is 1.75. The van der Waals surface area contributed by atoms with Gasteiger partial charge in [0, 0.05) is 37.4 Å². The molecule has 0 spiro atoms. The lowest BCUT2D eigenvalue weighted by Crippen LogP contribution is -2.36. The van der Waals surface area contributed by atoms with Gasteiger partial charge < -0.3 is 4.42 Å². The van der Waals surface area contributed by atoms with Gasteiger partial charge in [-0.05, 0) is 34.4 Å². The maximum absolute atomic E-state index is 6.40. The minimum atomic E-state index is -0.132. The Morgan fingerprint density at radius 2 is 1.36 bits per heavy atom. The van der Waals surface area contributed by atoms with Gasteiger partial charge in [-0.25, -0.2) is 0 Å². The predicted octanol–water partition coefficient (Wildman–Crippen LogP) is 7.80. The van der Waals surface area contributed by atoms with Gasteiger partial charge in [0.15, 0.2) is 0 Å². The van der Waals surface area contributed by atoms with Crippen molar-refractivity contribution in [1.29, 1.82) is 0 Å². The third-order valence-corrected chi connectivity index (χ3v) is 7.16. The summed E-state index contributed by atoms with van der Waals surface area (Å²) in [5, 5.41) is 5.74. The van der Waals surface area contributed by atoms with Crippen molar-refractivity contribution in [1.82, 2.24) is 0 Å². The molecule has 0 saturated heterocycles. The Balaban J connectivity index is 1.83. The molecule has 2 bridgehead atoms. The fraction of sp³-hybridized carbons (Fsp3) is 0.231. The minimum Gasteiger partial charge on any atom is -0.455 e. The zero-order valence-electron chi connectivity index (χ0n) is 16.5. The molecule has 1 aliphatic rings. The predicted molar refractivity (Wildman–Crippen MR) is 118 cm³/mol. The highest BCUT2D eigenvalue weighted by atomic mass is 35.5. The van der Waals surface area contributed by atoms with Crippen LogP contribution < -0.4 is 0 Å². The lowest BCUT2D eigenvalue weighted by atomic mass is 9.59. The van der Waals surface area contributed by atoms with Gasteiger partial charge in [-0.1, -0.05) is 81.8 Å². The molecule has 2 heterocycles. The minimum absolute atomic E-state index is 0.118. The number of fused-ring (bicyclic) bond motifs is 11. The normalized spacial score (nSPS) is 17.3. The second-order valence-corrected chi connectivity index (χ2v) is 9.59. The van der Waals surface area contributed by atoms with Crippen LogP contribution >= 0.6 is 11.6 Å². The van der Waals surface area contributed by atoms with Gasteiger partial charge in [-0.15, -0.1) is 0 Å². The van der Waals surface area contributed by atoms with Crippen molar-refractivity contribution in [2.24, 2.45) is 0 Å². The Labute approximate surface area is 169 Å². The fourth-order valence-corrected chi connectivity index (χ4v) is 5.71. The van der Waals surface area contributed by atoms with Crippen LogP contribution in [-0.4, -0.2) is 0 Å². The first-order valence-electron chi connectivity index (χ1n) is 9.82. The highest BCUT2D eigenvalue weighted by Crippen LogP contribution is 2.55. The molecule has 138 valence electrons. The van der Waals surface area contributed by atoms with Gasteiger partial charge in [0.05, 0.1) is 0 Å². The Morgan fingerprint density at radius 3 is 2.11 bits per heavy atom. The van der Waals surface area contributed by atoms with E-state index in [1.165, 1.54) is 43.8 Å². The van der Waals surface area contributed by atoms with Crippen molar-refractivity contribution in [2.45, 2.75) is 38.5 Å². The summed E-state index contributed by atoms with van der Waals surface area (Å²) in [6.07, 6.45) is 0. The van der Waals surface area contributed by atoms with E-state index in [0.717, 1.165) is 16.2 Å². The largest absolute Gasteiger partial charge is 0.455 e. The molecular formula is C26H21ClO. The average molecular weight is 385 g/mol. The first-order chi connectivity index (χ1) is 13.3. The van der Waals surface area contributed by atoms with Crippen LogP contribution in [0.3, 0.4) is 0 Å². The zero-order chi connectivity index (χ0) is 19.4. The third-order valence-electron chi connectivity index (χ3n) is 6.92. The van der Waals surface area contributed by atoms with Crippen molar-refractivity contribution in [3.63, 3.8) is 0 Å². The van der Waals surface area contributed by atoms with Crippen molar-refractivity contribution in [3.05, 3.63) is 81.9 Å². The van der Waals surface area contributed by atoms with Gasteiger partial charge >= 0.3 is 0 Å². The second kappa shape index (κ2) is 4.90. The standard InChI is InChI=1S/C26H21ClO/c1-25(2)19-12-10-17-21(24-16-8-6-5-7-15(16)23(17)28-24)22(19)26(3,4)18-11-9-14(27)13-20(18)25/h5-13H,1-4H3. The lowest BCUT2D eigenvalue weighted by Gasteiger charge is -2.44. The van der Waals surface area contributed by atoms with E-state index in [4.69, 9.17) is 16.0 Å². The highest BCUT2D eigenvalue weighted by Gasteiger charge is 2.43. The number of rotatable bonds is 0. The number of hydrogen-bond donors (Lipinski definition) is 0. The van der Waals surface area contributed by atoms with Crippen molar-refractivity contribution in [2.75, 3.05) is 0 Å². The van der Waals surface area contributed by atoms with E-state index in [2.05, 4.69) is 76.2 Å². The molecule has 3 aromatic carbocycles. The summed E-state index contributed by atoms with van der Waals surface area (Å²) in [5.41, 5.74) is 7.22. The Morgan fingerprint density at radius 1 is 0.679 bits per heavy atom. The van der Waals surface area contributed by atoms with E-state index in [0.29, 0.717) is 0 Å². The molecule has 0 radical (unpaired) electrons. The highest BCUT2D eigenvalue weighted by molar-refractivity contribution is 6.30. The molecule has 0 amide bonds. The quantitative estimate of drug-likeness (QED) is 0.248. The van der Waals surface area contributed by atoms with Crippen LogP contribution in [0.2, 0.25) is 5.02 Å². The number of hydrogen-bond acceptors (Lipinski definition) is 1. The summed E-state index contributed by atoms with van der Waals surface area (Å²) in [4.78, 5) is 0. The maximum atomic E-state index is 6.40. The molecule has 2 heteroatoms. The Bertz CT molecular complexity index is 1420. The van der Waals surface area contributed by atoms with E-state index >= 15 is 0 Å². The number of benzene rings is 4. The SMILES string of the molecule is CC1(C)c2cc(Cl)ccc2C(C)(C)c2c1ccc1c3oc(c4ccccc43)c21. The molecule has 6 rings (SSSR count). The van der Waals surface area contributed by atoms with Gasteiger partial charge in [-0.3, -0.25) is 0 Å². The Kier molecular flexibility index (Phi) is 2.88. The molecule has 1 nitrogen and oxygen atoms in total. The molecule has 0 unspecified atom stereocenters. The first kappa shape index (κ1) is 16.4. The molecule has 1 aliphatic carbocycles. The van der Waals surface area contributed by atoms with Gasteiger partial charge in [0.25, 0.3) is 0 Å². The van der Waals surface area contributed by atoms with Gasteiger partial charge in [0.1, 0.15) is 11.2 Å². The van der Waals surface area contributed by atoms with Crippen LogP contribution in [0.5, 0.6) is 0 Å². The van der Waals surface area contributed by atoms with Crippen LogP contribution in [0.15, 0.2) is 59.0 Å². The Hall–Kier alpha value is -2.51. The average Bonchev–Trinajstić information content (AvgIpc) is 3.23. The molecule has 28 heavy (non-hydrogen) atoms. The molecule has 0 atom stereocenters. The van der Waals surface area contributed by atoms with Crippen molar-refractivity contribution < 1.29 is 4.42 Å². The van der Waals surface area contributed by atoms with E-state index in [1.807, 2.05) is 6.07 Å². The molecule has 0 saturated carbocycles. The molecule has 0 fully saturated rings. The molecule has 0 N–H and O–H groups in total. The summed E-state index contributed by atoms with van der Waals surface area (Å²) >= 11 is 6.40. The zero-order valence-corrected chi connectivity index (χ0v) is 17.2. The van der Waals surface area contributed by atoms with Crippen LogP contribution in [0, 0.1) is 0 Å². The summed E-state index contributed by atoms with van der Waals surface area (Å²) in [6.45, 7) is 9.28. The van der Waals surface area contributed by atoms with Gasteiger partial charge in [-0.2, -0.15) is 0 Å². The summed E-state index contributed by atoms with van der Waals surface area (Å²) in [6, 6.07) is 19.4. The molecule has 2 aromatic heterocycles. The molecular weight excluding hydrogens is 364 g/mol. The van der Waals surface area contributed by atoms with Gasteiger partial charge in [0.2, 0.25) is 0 Å². The fourth-order valence-electron chi connectivity index (χ4n) is 5.53. The number of halogens is 1. The first-order valence-corrected chi connectivity index (χ1v) is 10.2. The van der Waals surface area contributed by atoms with E-state index in [1.54, 1.807) is 0 Å². The van der Waals surface area contributed by atoms with Crippen LogP contribution in [-0.2, 0) is 10.8 Å². The monoisotopic (exact) mass is 384 g/mol. The smallest absolute Gasteiger partial charge is 0.143 e.